The topological polar surface area (TPSA) is 88.2 Å². The van der Waals surface area contributed by atoms with Crippen molar-refractivity contribution < 1.29 is 5.11 Å². The van der Waals surface area contributed by atoms with Gasteiger partial charge in [-0.2, -0.15) is 5.10 Å². The highest BCUT2D eigenvalue weighted by Crippen LogP contribution is 2.36. The predicted molar refractivity (Wildman–Crippen MR) is 145 cm³/mol. The number of aliphatic hydroxyl groups is 1. The normalized spacial score (nSPS) is 16.2. The van der Waals surface area contributed by atoms with Gasteiger partial charge in [0, 0.05) is 35.2 Å². The van der Waals surface area contributed by atoms with E-state index in [1.165, 1.54) is 0 Å². The number of aromatic nitrogens is 4. The second-order valence-electron chi connectivity index (χ2n) is 9.98. The molecule has 36 heavy (non-hydrogen) atoms. The summed E-state index contributed by atoms with van der Waals surface area (Å²) < 4.78 is 3.32. The van der Waals surface area contributed by atoms with Crippen LogP contribution in [0.2, 0.25) is 5.15 Å². The van der Waals surface area contributed by atoms with Gasteiger partial charge >= 0.3 is 0 Å². The van der Waals surface area contributed by atoms with Gasteiger partial charge in [0.2, 0.25) is 0 Å². The van der Waals surface area contributed by atoms with Crippen LogP contribution in [0.5, 0.6) is 0 Å². The molecule has 0 radical (unpaired) electrons. The van der Waals surface area contributed by atoms with Crippen molar-refractivity contribution in [3.8, 4) is 0 Å². The summed E-state index contributed by atoms with van der Waals surface area (Å²) in [7, 11) is 3.91. The first-order valence-corrected chi connectivity index (χ1v) is 12.9. The van der Waals surface area contributed by atoms with Crippen molar-refractivity contribution >= 4 is 39.1 Å². The summed E-state index contributed by atoms with van der Waals surface area (Å²) >= 11 is 6.33. The average molecular weight is 509 g/mol. The number of hydrogen-bond acceptors (Lipinski definition) is 6. The van der Waals surface area contributed by atoms with Crippen LogP contribution in [0.15, 0.2) is 35.3 Å². The van der Waals surface area contributed by atoms with Crippen molar-refractivity contribution in [2.24, 2.45) is 7.05 Å². The number of aliphatic hydroxyl groups excluding tert-OH is 1. The molecule has 4 aromatic rings. The van der Waals surface area contributed by atoms with Gasteiger partial charge in [0.15, 0.2) is 0 Å². The number of fused-ring (bicyclic) bond motifs is 3. The molecule has 5 rings (SSSR count). The molecule has 1 aliphatic rings. The summed E-state index contributed by atoms with van der Waals surface area (Å²) in [5.74, 6) is 0.347. The van der Waals surface area contributed by atoms with Gasteiger partial charge in [-0.15, -0.1) is 0 Å². The van der Waals surface area contributed by atoms with E-state index in [4.69, 9.17) is 16.6 Å². The molecule has 1 saturated heterocycles. The fourth-order valence-corrected chi connectivity index (χ4v) is 5.70. The van der Waals surface area contributed by atoms with E-state index in [0.29, 0.717) is 28.6 Å². The zero-order chi connectivity index (χ0) is 25.6. The number of pyridine rings is 2. The van der Waals surface area contributed by atoms with Crippen LogP contribution in [0.4, 0.5) is 5.69 Å². The molecule has 0 saturated carbocycles. The minimum Gasteiger partial charge on any atom is -0.394 e. The molecular formula is C27H33ClN6O2. The summed E-state index contributed by atoms with van der Waals surface area (Å²) in [6.45, 7) is 6.48. The molecule has 1 unspecified atom stereocenters. The van der Waals surface area contributed by atoms with Crippen LogP contribution in [0.3, 0.4) is 0 Å². The highest BCUT2D eigenvalue weighted by Gasteiger charge is 2.25. The van der Waals surface area contributed by atoms with E-state index < -0.39 is 0 Å². The predicted octanol–water partition coefficient (Wildman–Crippen LogP) is 4.22. The molecule has 2 N–H and O–H groups in total. The fourth-order valence-electron chi connectivity index (χ4n) is 5.55. The lowest BCUT2D eigenvalue weighted by atomic mass is 9.91. The number of piperidine rings is 1. The molecule has 4 heterocycles. The third-order valence-electron chi connectivity index (χ3n) is 7.39. The summed E-state index contributed by atoms with van der Waals surface area (Å²) in [4.78, 5) is 20.5. The van der Waals surface area contributed by atoms with Gasteiger partial charge in [0.1, 0.15) is 10.8 Å². The van der Waals surface area contributed by atoms with E-state index >= 15 is 0 Å². The number of rotatable bonds is 6. The summed E-state index contributed by atoms with van der Waals surface area (Å²) in [5, 5.41) is 20.7. The summed E-state index contributed by atoms with van der Waals surface area (Å²) in [5.41, 5.74) is 4.67. The molecular weight excluding hydrogens is 476 g/mol. The second-order valence-corrected chi connectivity index (χ2v) is 10.4. The number of anilines is 1. The van der Waals surface area contributed by atoms with E-state index in [1.807, 2.05) is 25.1 Å². The quantitative estimate of drug-likeness (QED) is 0.379. The highest BCUT2D eigenvalue weighted by molar-refractivity contribution is 6.29. The van der Waals surface area contributed by atoms with Crippen molar-refractivity contribution in [1.82, 2.24) is 24.2 Å². The number of nitrogens with one attached hydrogen (secondary N) is 1. The molecule has 9 heteroatoms. The van der Waals surface area contributed by atoms with Crippen molar-refractivity contribution in [3.05, 3.63) is 62.8 Å². The number of aryl methyl sites for hydroxylation is 2. The third kappa shape index (κ3) is 4.38. The molecule has 8 nitrogen and oxygen atoms in total. The Hall–Kier alpha value is -2.94. The van der Waals surface area contributed by atoms with E-state index in [0.717, 1.165) is 59.2 Å². The second kappa shape index (κ2) is 9.84. The first-order chi connectivity index (χ1) is 17.3. The number of benzene rings is 1. The molecule has 3 aromatic heterocycles. The van der Waals surface area contributed by atoms with Crippen LogP contribution in [0.1, 0.15) is 48.5 Å². The Labute approximate surface area is 215 Å². The van der Waals surface area contributed by atoms with Gasteiger partial charge in [-0.3, -0.25) is 9.36 Å². The standard InChI is InChI=1S/C27H33ClN6O2/c1-16-13-19(24-20(14-16)27(36)33(4)26-21(24)15-29-34(26)11-12-35)17(2)30-22-5-6-23(28)31-25(22)18-7-9-32(3)10-8-18/h5-6,13-15,17-18,30,35H,7-12H2,1-4H3. The number of halogens is 1. The Bertz CT molecular complexity index is 1490. The monoisotopic (exact) mass is 508 g/mol. The van der Waals surface area contributed by atoms with Crippen LogP contribution in [-0.2, 0) is 13.6 Å². The average Bonchev–Trinajstić information content (AvgIpc) is 3.27. The summed E-state index contributed by atoms with van der Waals surface area (Å²) in [6.07, 6.45) is 3.88. The highest BCUT2D eigenvalue weighted by atomic mass is 35.5. The Kier molecular flexibility index (Phi) is 6.76. The van der Waals surface area contributed by atoms with Crippen LogP contribution >= 0.6 is 11.6 Å². The fraction of sp³-hybridized carbons (Fsp3) is 0.444. The Balaban J connectivity index is 1.62. The van der Waals surface area contributed by atoms with Crippen LogP contribution < -0.4 is 10.9 Å². The number of nitrogens with zero attached hydrogens (tertiary/aromatic N) is 5. The van der Waals surface area contributed by atoms with Crippen LogP contribution in [-0.4, -0.2) is 56.1 Å². The molecule has 0 amide bonds. The van der Waals surface area contributed by atoms with Crippen molar-refractivity contribution in [2.75, 3.05) is 32.1 Å². The molecule has 0 bridgehead atoms. The van der Waals surface area contributed by atoms with Gasteiger partial charge in [0.25, 0.3) is 5.56 Å². The third-order valence-corrected chi connectivity index (χ3v) is 7.60. The molecule has 1 aromatic carbocycles. The lowest BCUT2D eigenvalue weighted by molar-refractivity contribution is 0.253. The van der Waals surface area contributed by atoms with E-state index in [9.17, 15) is 9.90 Å². The van der Waals surface area contributed by atoms with Gasteiger partial charge in [0.05, 0.1) is 30.7 Å². The molecule has 190 valence electrons. The Morgan fingerprint density at radius 2 is 1.94 bits per heavy atom. The van der Waals surface area contributed by atoms with Crippen molar-refractivity contribution in [1.29, 1.82) is 0 Å². The summed E-state index contributed by atoms with van der Waals surface area (Å²) in [6, 6.07) is 7.84. The first-order valence-electron chi connectivity index (χ1n) is 12.5. The SMILES string of the molecule is Cc1cc(C(C)Nc2ccc(Cl)nc2C2CCN(C)CC2)c2c(c1)c(=O)n(C)c1c2cnn1CCO. The van der Waals surface area contributed by atoms with E-state index in [1.54, 1.807) is 22.5 Å². The maximum atomic E-state index is 13.4. The van der Waals surface area contributed by atoms with Gasteiger partial charge in [-0.25, -0.2) is 9.67 Å². The van der Waals surface area contributed by atoms with Gasteiger partial charge in [-0.05, 0) is 76.2 Å². The number of hydrogen-bond donors (Lipinski definition) is 2. The minimum atomic E-state index is -0.100. The molecule has 0 aliphatic carbocycles. The van der Waals surface area contributed by atoms with Gasteiger partial charge < -0.3 is 15.3 Å². The molecule has 1 atom stereocenters. The largest absolute Gasteiger partial charge is 0.394 e. The first kappa shape index (κ1) is 24.7. The van der Waals surface area contributed by atoms with Crippen molar-refractivity contribution in [3.63, 3.8) is 0 Å². The van der Waals surface area contributed by atoms with Crippen LogP contribution in [0.25, 0.3) is 21.8 Å². The lowest BCUT2D eigenvalue weighted by Crippen LogP contribution is -2.30. The zero-order valence-corrected chi connectivity index (χ0v) is 22.0. The Morgan fingerprint density at radius 1 is 1.19 bits per heavy atom. The van der Waals surface area contributed by atoms with Gasteiger partial charge in [-0.1, -0.05) is 17.7 Å². The Morgan fingerprint density at radius 3 is 2.67 bits per heavy atom. The van der Waals surface area contributed by atoms with Crippen LogP contribution in [0, 0.1) is 6.92 Å². The van der Waals surface area contributed by atoms with E-state index in [-0.39, 0.29) is 18.2 Å². The minimum absolute atomic E-state index is 0.0506. The maximum absolute atomic E-state index is 13.4. The molecule has 1 fully saturated rings. The van der Waals surface area contributed by atoms with Crippen molar-refractivity contribution in [2.45, 2.75) is 45.2 Å². The lowest BCUT2D eigenvalue weighted by Gasteiger charge is -2.30. The maximum Gasteiger partial charge on any atom is 0.259 e. The van der Waals surface area contributed by atoms with E-state index in [2.05, 4.69) is 35.4 Å². The number of likely N-dealkylation sites (tertiary alicyclic amines) is 1. The zero-order valence-electron chi connectivity index (χ0n) is 21.3. The molecule has 1 aliphatic heterocycles. The molecule has 0 spiro atoms. The smallest absolute Gasteiger partial charge is 0.259 e.